The van der Waals surface area contributed by atoms with E-state index in [0.717, 1.165) is 0 Å². The van der Waals surface area contributed by atoms with Crippen molar-refractivity contribution in [1.29, 1.82) is 0 Å². The Morgan fingerprint density at radius 3 is 2.82 bits per heavy atom. The maximum atomic E-state index is 12.4. The van der Waals surface area contributed by atoms with Gasteiger partial charge in [0, 0.05) is 49.2 Å². The molecule has 0 bridgehead atoms. The zero-order chi connectivity index (χ0) is 19.7. The van der Waals surface area contributed by atoms with Gasteiger partial charge in [0.25, 0.3) is 5.56 Å². The standard InChI is InChI=1S/C18H16N6O4/c25-16-11(2-1-3-15(16)24(27)28)8-23-5-4-13-14(9-23)21-17(22-18(13)26)12-6-19-10-20-7-12/h1-3,6-7,10,25H,4-5,8-9H2,(H,21,22,26). The predicted molar refractivity (Wildman–Crippen MR) is 98.5 cm³/mol. The van der Waals surface area contributed by atoms with Crippen molar-refractivity contribution >= 4 is 5.69 Å². The third-order valence-electron chi connectivity index (χ3n) is 4.68. The van der Waals surface area contributed by atoms with E-state index in [2.05, 4.69) is 19.9 Å². The van der Waals surface area contributed by atoms with Crippen molar-refractivity contribution in [3.05, 3.63) is 74.2 Å². The molecule has 142 valence electrons. The van der Waals surface area contributed by atoms with E-state index in [1.165, 1.54) is 12.4 Å². The lowest BCUT2D eigenvalue weighted by Gasteiger charge is -2.27. The molecule has 0 unspecified atom stereocenters. The van der Waals surface area contributed by atoms with Gasteiger partial charge < -0.3 is 10.1 Å². The maximum Gasteiger partial charge on any atom is 0.311 e. The number of phenolic OH excluding ortho intramolecular Hbond substituents is 1. The molecule has 10 heteroatoms. The number of nitrogens with one attached hydrogen (secondary N) is 1. The molecule has 2 aromatic heterocycles. The molecule has 1 aromatic carbocycles. The van der Waals surface area contributed by atoms with Gasteiger partial charge in [0.2, 0.25) is 0 Å². The van der Waals surface area contributed by atoms with Crippen LogP contribution in [0.15, 0.2) is 41.7 Å². The normalized spacial score (nSPS) is 13.9. The van der Waals surface area contributed by atoms with Crippen molar-refractivity contribution < 1.29 is 10.0 Å². The Kier molecular flexibility index (Phi) is 4.53. The highest BCUT2D eigenvalue weighted by molar-refractivity contribution is 5.52. The number of H-pyrrole nitrogens is 1. The molecule has 0 saturated carbocycles. The van der Waals surface area contributed by atoms with E-state index in [1.54, 1.807) is 24.5 Å². The molecule has 0 radical (unpaired) electrons. The number of para-hydroxylation sites is 1. The summed E-state index contributed by atoms with van der Waals surface area (Å²) in [6.07, 6.45) is 5.03. The average Bonchev–Trinajstić information content (AvgIpc) is 2.70. The fourth-order valence-corrected chi connectivity index (χ4v) is 3.28. The van der Waals surface area contributed by atoms with Crippen molar-refractivity contribution in [1.82, 2.24) is 24.8 Å². The molecule has 1 aliphatic rings. The summed E-state index contributed by atoms with van der Waals surface area (Å²) in [5, 5.41) is 21.2. The number of hydrogen-bond acceptors (Lipinski definition) is 8. The number of benzene rings is 1. The lowest BCUT2D eigenvalue weighted by molar-refractivity contribution is -0.385. The number of fused-ring (bicyclic) bond motifs is 1. The van der Waals surface area contributed by atoms with Crippen LogP contribution >= 0.6 is 0 Å². The van der Waals surface area contributed by atoms with Crippen LogP contribution in [0.2, 0.25) is 0 Å². The molecule has 0 amide bonds. The Labute approximate surface area is 158 Å². The number of nitro groups is 1. The Hall–Kier alpha value is -3.66. The van der Waals surface area contributed by atoms with Crippen LogP contribution in [0.3, 0.4) is 0 Å². The van der Waals surface area contributed by atoms with Crippen molar-refractivity contribution in [3.63, 3.8) is 0 Å². The number of phenols is 1. The van der Waals surface area contributed by atoms with Crippen molar-refractivity contribution in [2.75, 3.05) is 6.54 Å². The van der Waals surface area contributed by atoms with Crippen molar-refractivity contribution in [3.8, 4) is 17.1 Å². The second-order valence-corrected chi connectivity index (χ2v) is 6.47. The maximum absolute atomic E-state index is 12.4. The van der Waals surface area contributed by atoms with E-state index in [-0.39, 0.29) is 17.0 Å². The summed E-state index contributed by atoms with van der Waals surface area (Å²) in [5.74, 6) is 0.0590. The molecule has 0 atom stereocenters. The van der Waals surface area contributed by atoms with Crippen LogP contribution in [-0.2, 0) is 19.5 Å². The molecule has 2 N–H and O–H groups in total. The minimum atomic E-state index is -0.611. The Bertz CT molecular complexity index is 1100. The van der Waals surface area contributed by atoms with Gasteiger partial charge in [-0.3, -0.25) is 19.8 Å². The van der Waals surface area contributed by atoms with E-state index in [9.17, 15) is 20.0 Å². The second kappa shape index (κ2) is 7.16. The topological polar surface area (TPSA) is 138 Å². The Morgan fingerprint density at radius 1 is 1.29 bits per heavy atom. The molecule has 0 spiro atoms. The molecule has 0 fully saturated rings. The zero-order valence-corrected chi connectivity index (χ0v) is 14.7. The van der Waals surface area contributed by atoms with Crippen LogP contribution in [0.4, 0.5) is 5.69 Å². The summed E-state index contributed by atoms with van der Waals surface area (Å²) in [4.78, 5) is 40.0. The molecule has 3 aromatic rings. The van der Waals surface area contributed by atoms with Crippen molar-refractivity contribution in [2.24, 2.45) is 0 Å². The van der Waals surface area contributed by atoms with E-state index >= 15 is 0 Å². The number of aromatic hydroxyl groups is 1. The second-order valence-electron chi connectivity index (χ2n) is 6.47. The number of nitro benzene ring substituents is 1. The summed E-state index contributed by atoms with van der Waals surface area (Å²) in [5.41, 5.74) is 1.81. The van der Waals surface area contributed by atoms with Gasteiger partial charge in [0.05, 0.1) is 16.2 Å². The summed E-state index contributed by atoms with van der Waals surface area (Å²) in [6.45, 7) is 1.28. The highest BCUT2D eigenvalue weighted by atomic mass is 16.6. The summed E-state index contributed by atoms with van der Waals surface area (Å²) >= 11 is 0. The lowest BCUT2D eigenvalue weighted by atomic mass is 10.0. The van der Waals surface area contributed by atoms with Gasteiger partial charge in [-0.1, -0.05) is 12.1 Å². The lowest BCUT2D eigenvalue weighted by Crippen LogP contribution is -2.35. The van der Waals surface area contributed by atoms with Crippen LogP contribution in [0.25, 0.3) is 11.4 Å². The minimum absolute atomic E-state index is 0.193. The molecule has 10 nitrogen and oxygen atoms in total. The number of aromatic nitrogens is 4. The van der Waals surface area contributed by atoms with Crippen LogP contribution < -0.4 is 5.56 Å². The first-order chi connectivity index (χ1) is 13.5. The summed E-state index contributed by atoms with van der Waals surface area (Å²) < 4.78 is 0. The highest BCUT2D eigenvalue weighted by Crippen LogP contribution is 2.31. The monoisotopic (exact) mass is 380 g/mol. The van der Waals surface area contributed by atoms with E-state index < -0.39 is 4.92 Å². The third kappa shape index (κ3) is 3.32. The molecule has 0 saturated heterocycles. The molecular formula is C18H16N6O4. The number of hydrogen-bond donors (Lipinski definition) is 2. The molecule has 28 heavy (non-hydrogen) atoms. The van der Waals surface area contributed by atoms with Crippen LogP contribution in [-0.4, -0.2) is 41.4 Å². The third-order valence-corrected chi connectivity index (χ3v) is 4.68. The van der Waals surface area contributed by atoms with Crippen molar-refractivity contribution in [2.45, 2.75) is 19.5 Å². The zero-order valence-electron chi connectivity index (χ0n) is 14.7. The van der Waals surface area contributed by atoms with Crippen LogP contribution in [0, 0.1) is 10.1 Å². The fraction of sp³-hybridized carbons (Fsp3) is 0.222. The quantitative estimate of drug-likeness (QED) is 0.512. The van der Waals surface area contributed by atoms with Gasteiger partial charge in [-0.25, -0.2) is 15.0 Å². The molecule has 4 rings (SSSR count). The largest absolute Gasteiger partial charge is 0.502 e. The van der Waals surface area contributed by atoms with E-state index in [0.29, 0.717) is 54.3 Å². The number of rotatable bonds is 4. The van der Waals surface area contributed by atoms with E-state index in [1.807, 2.05) is 4.90 Å². The predicted octanol–water partition coefficient (Wildman–Crippen LogP) is 1.40. The first-order valence-corrected chi connectivity index (χ1v) is 8.58. The number of nitrogens with zero attached hydrogens (tertiary/aromatic N) is 5. The Balaban J connectivity index is 1.62. The van der Waals surface area contributed by atoms with Gasteiger partial charge in [-0.15, -0.1) is 0 Å². The van der Waals surface area contributed by atoms with Crippen LogP contribution in [0.1, 0.15) is 16.8 Å². The highest BCUT2D eigenvalue weighted by Gasteiger charge is 2.24. The summed E-state index contributed by atoms with van der Waals surface area (Å²) in [7, 11) is 0. The summed E-state index contributed by atoms with van der Waals surface area (Å²) in [6, 6.07) is 4.46. The first kappa shape index (κ1) is 17.7. The SMILES string of the molecule is O=c1[nH]c(-c2cncnc2)nc2c1CCN(Cc1cccc([N+](=O)[O-])c1O)C2. The average molecular weight is 380 g/mol. The van der Waals surface area contributed by atoms with Gasteiger partial charge in [0.1, 0.15) is 12.2 Å². The molecule has 3 heterocycles. The minimum Gasteiger partial charge on any atom is -0.502 e. The fourth-order valence-electron chi connectivity index (χ4n) is 3.28. The van der Waals surface area contributed by atoms with Gasteiger partial charge >= 0.3 is 5.69 Å². The van der Waals surface area contributed by atoms with Crippen LogP contribution in [0.5, 0.6) is 5.75 Å². The Morgan fingerprint density at radius 2 is 2.07 bits per heavy atom. The van der Waals surface area contributed by atoms with Gasteiger partial charge in [-0.2, -0.15) is 0 Å². The smallest absolute Gasteiger partial charge is 0.311 e. The van der Waals surface area contributed by atoms with E-state index in [4.69, 9.17) is 0 Å². The number of aromatic amines is 1. The van der Waals surface area contributed by atoms with Gasteiger partial charge in [0.15, 0.2) is 5.75 Å². The molecular weight excluding hydrogens is 364 g/mol. The molecule has 0 aliphatic carbocycles. The van der Waals surface area contributed by atoms with Gasteiger partial charge in [-0.05, 0) is 6.42 Å². The first-order valence-electron chi connectivity index (χ1n) is 8.58. The molecule has 1 aliphatic heterocycles.